The van der Waals surface area contributed by atoms with Crippen LogP contribution in [0.15, 0.2) is 29.3 Å². The van der Waals surface area contributed by atoms with Crippen molar-refractivity contribution in [3.05, 3.63) is 29.8 Å². The van der Waals surface area contributed by atoms with Gasteiger partial charge in [-0.15, -0.1) is 0 Å². The van der Waals surface area contributed by atoms with Gasteiger partial charge in [-0.1, -0.05) is 18.2 Å². The van der Waals surface area contributed by atoms with E-state index in [1.807, 2.05) is 6.92 Å². The number of guanidine groups is 1. The molecule has 1 heterocycles. The summed E-state index contributed by atoms with van der Waals surface area (Å²) >= 11 is 0. The number of alkyl halides is 2. The van der Waals surface area contributed by atoms with Gasteiger partial charge in [0, 0.05) is 38.0 Å². The summed E-state index contributed by atoms with van der Waals surface area (Å²) in [6.45, 7) is 0.331. The van der Waals surface area contributed by atoms with Crippen molar-refractivity contribution in [1.29, 1.82) is 0 Å². The zero-order valence-electron chi connectivity index (χ0n) is 15.2. The number of imide groups is 1. The predicted molar refractivity (Wildman–Crippen MR) is 96.5 cm³/mol. The summed E-state index contributed by atoms with van der Waals surface area (Å²) in [5.41, 5.74) is 0.524. The van der Waals surface area contributed by atoms with Crippen LogP contribution in [0.25, 0.3) is 0 Å². The molecule has 1 aliphatic rings. The van der Waals surface area contributed by atoms with E-state index in [9.17, 15) is 18.4 Å². The Morgan fingerprint density at radius 1 is 1.22 bits per heavy atom. The first-order chi connectivity index (χ1) is 13.0. The minimum atomic E-state index is -2.90. The normalized spacial score (nSPS) is 15.3. The first-order valence-electron chi connectivity index (χ1n) is 8.89. The molecular formula is C18H24F2N4O3. The smallest absolute Gasteiger partial charge is 0.387 e. The molecule has 0 aliphatic carbocycles. The molecule has 27 heavy (non-hydrogen) atoms. The molecule has 1 aromatic carbocycles. The van der Waals surface area contributed by atoms with Crippen LogP contribution in [0.2, 0.25) is 0 Å². The van der Waals surface area contributed by atoms with E-state index in [2.05, 4.69) is 20.4 Å². The summed E-state index contributed by atoms with van der Waals surface area (Å²) in [6.07, 6.45) is 1.38. The molecule has 9 heteroatoms. The fraction of sp³-hybridized carbons (Fsp3) is 0.500. The van der Waals surface area contributed by atoms with Crippen LogP contribution < -0.4 is 15.4 Å². The number of nitrogens with one attached hydrogen (secondary N) is 2. The molecule has 2 N–H and O–H groups in total. The largest absolute Gasteiger partial charge is 0.434 e. The standard InChI is InChI=1S/C18H24F2N4O3/c1-2-21-18(22-10-11-24-15(25)8-5-9-16(24)26)23-12-13-6-3-4-7-14(13)27-17(19)20/h3-4,6-7,17H,2,5,8-12H2,1H3,(H2,21,22,23). The van der Waals surface area contributed by atoms with Crippen LogP contribution in [0.4, 0.5) is 8.78 Å². The number of para-hydroxylation sites is 1. The fourth-order valence-corrected chi connectivity index (χ4v) is 2.69. The number of amides is 2. The molecule has 0 bridgehead atoms. The number of carbonyl (C=O) groups excluding carboxylic acids is 2. The maximum absolute atomic E-state index is 12.5. The number of nitrogens with zero attached hydrogens (tertiary/aromatic N) is 2. The summed E-state index contributed by atoms with van der Waals surface area (Å²) in [5.74, 6) is 0.221. The monoisotopic (exact) mass is 382 g/mol. The Balaban J connectivity index is 1.94. The van der Waals surface area contributed by atoms with Crippen LogP contribution in [-0.2, 0) is 16.1 Å². The minimum Gasteiger partial charge on any atom is -0.434 e. The van der Waals surface area contributed by atoms with Crippen LogP contribution >= 0.6 is 0 Å². The summed E-state index contributed by atoms with van der Waals surface area (Å²) in [5, 5.41) is 6.08. The van der Waals surface area contributed by atoms with Crippen molar-refractivity contribution in [1.82, 2.24) is 15.5 Å². The number of carbonyl (C=O) groups is 2. The molecule has 2 amide bonds. The van der Waals surface area contributed by atoms with Crippen molar-refractivity contribution < 1.29 is 23.1 Å². The van der Waals surface area contributed by atoms with Gasteiger partial charge in [0.15, 0.2) is 5.96 Å². The molecule has 1 fully saturated rings. The van der Waals surface area contributed by atoms with Gasteiger partial charge in [0.2, 0.25) is 11.8 Å². The molecule has 0 unspecified atom stereocenters. The number of rotatable bonds is 8. The van der Waals surface area contributed by atoms with Gasteiger partial charge < -0.3 is 15.4 Å². The maximum Gasteiger partial charge on any atom is 0.387 e. The second kappa shape index (κ2) is 10.4. The third-order valence-corrected chi connectivity index (χ3v) is 3.95. The van der Waals surface area contributed by atoms with Crippen LogP contribution in [0.5, 0.6) is 5.75 Å². The Hall–Kier alpha value is -2.71. The van der Waals surface area contributed by atoms with E-state index in [1.165, 1.54) is 11.0 Å². The molecule has 0 spiro atoms. The van der Waals surface area contributed by atoms with Crippen molar-refractivity contribution in [2.24, 2.45) is 4.99 Å². The molecule has 2 rings (SSSR count). The van der Waals surface area contributed by atoms with E-state index in [0.29, 0.717) is 43.9 Å². The molecule has 7 nitrogen and oxygen atoms in total. The van der Waals surface area contributed by atoms with Crippen molar-refractivity contribution in [3.63, 3.8) is 0 Å². The molecule has 148 valence electrons. The highest BCUT2D eigenvalue weighted by Gasteiger charge is 2.25. The summed E-state index contributed by atoms with van der Waals surface area (Å²) in [7, 11) is 0. The lowest BCUT2D eigenvalue weighted by Crippen LogP contribution is -2.46. The van der Waals surface area contributed by atoms with Gasteiger partial charge in [0.1, 0.15) is 5.75 Å². The van der Waals surface area contributed by atoms with Crippen LogP contribution in [0, 0.1) is 0 Å². The maximum atomic E-state index is 12.5. The fourth-order valence-electron chi connectivity index (χ4n) is 2.69. The van der Waals surface area contributed by atoms with E-state index in [4.69, 9.17) is 0 Å². The number of halogens is 2. The van der Waals surface area contributed by atoms with E-state index in [-0.39, 0.29) is 30.7 Å². The highest BCUT2D eigenvalue weighted by molar-refractivity contribution is 5.97. The second-order valence-electron chi connectivity index (χ2n) is 5.90. The van der Waals surface area contributed by atoms with Crippen LogP contribution in [0.1, 0.15) is 31.7 Å². The Bertz CT molecular complexity index is 666. The van der Waals surface area contributed by atoms with E-state index < -0.39 is 6.61 Å². The van der Waals surface area contributed by atoms with Gasteiger partial charge >= 0.3 is 6.61 Å². The molecule has 1 aromatic rings. The number of benzene rings is 1. The lowest BCUT2D eigenvalue weighted by molar-refractivity contribution is -0.147. The van der Waals surface area contributed by atoms with E-state index in [0.717, 1.165) is 0 Å². The van der Waals surface area contributed by atoms with Crippen LogP contribution in [0.3, 0.4) is 0 Å². The number of hydrogen-bond donors (Lipinski definition) is 2. The summed E-state index contributed by atoms with van der Waals surface area (Å²) < 4.78 is 29.5. The third kappa shape index (κ3) is 6.50. The highest BCUT2D eigenvalue weighted by atomic mass is 19.3. The van der Waals surface area contributed by atoms with Gasteiger partial charge in [0.05, 0.1) is 6.54 Å². The first-order valence-corrected chi connectivity index (χ1v) is 8.89. The third-order valence-electron chi connectivity index (χ3n) is 3.95. The molecular weight excluding hydrogens is 358 g/mol. The average molecular weight is 382 g/mol. The van der Waals surface area contributed by atoms with E-state index >= 15 is 0 Å². The summed E-state index contributed by atoms with van der Waals surface area (Å²) in [4.78, 5) is 29.2. The first kappa shape index (κ1) is 20.6. The number of aliphatic imine (C=N–C) groups is 1. The Kier molecular flexibility index (Phi) is 7.97. The van der Waals surface area contributed by atoms with Crippen molar-refractivity contribution in [3.8, 4) is 5.75 Å². The average Bonchev–Trinajstić information content (AvgIpc) is 2.62. The van der Waals surface area contributed by atoms with Crippen LogP contribution in [-0.4, -0.2) is 48.9 Å². The van der Waals surface area contributed by atoms with Gasteiger partial charge in [-0.25, -0.2) is 4.99 Å². The number of likely N-dealkylation sites (tertiary alicyclic amines) is 1. The lowest BCUT2D eigenvalue weighted by atomic mass is 10.1. The Labute approximate surface area is 156 Å². The van der Waals surface area contributed by atoms with Crippen molar-refractivity contribution in [2.45, 2.75) is 39.3 Å². The molecule has 0 radical (unpaired) electrons. The van der Waals surface area contributed by atoms with E-state index in [1.54, 1.807) is 18.2 Å². The molecule has 0 atom stereocenters. The van der Waals surface area contributed by atoms with Gasteiger partial charge in [0.25, 0.3) is 0 Å². The van der Waals surface area contributed by atoms with Gasteiger partial charge in [-0.05, 0) is 19.4 Å². The lowest BCUT2D eigenvalue weighted by Gasteiger charge is -2.25. The van der Waals surface area contributed by atoms with Gasteiger partial charge in [-0.3, -0.25) is 14.5 Å². The quantitative estimate of drug-likeness (QED) is 0.408. The minimum absolute atomic E-state index is 0.0802. The number of piperidine rings is 1. The van der Waals surface area contributed by atoms with Crippen molar-refractivity contribution >= 4 is 17.8 Å². The number of hydrogen-bond acceptors (Lipinski definition) is 4. The van der Waals surface area contributed by atoms with Gasteiger partial charge in [-0.2, -0.15) is 8.78 Å². The second-order valence-corrected chi connectivity index (χ2v) is 5.90. The molecule has 1 aliphatic heterocycles. The Morgan fingerprint density at radius 3 is 2.59 bits per heavy atom. The SMILES string of the molecule is CCNC(=NCc1ccccc1OC(F)F)NCCN1C(=O)CCCC1=O. The zero-order valence-corrected chi connectivity index (χ0v) is 15.2. The van der Waals surface area contributed by atoms with Crippen molar-refractivity contribution in [2.75, 3.05) is 19.6 Å². The summed E-state index contributed by atoms with van der Waals surface area (Å²) in [6, 6.07) is 6.46. The topological polar surface area (TPSA) is 83.0 Å². The number of ether oxygens (including phenoxy) is 1. The molecule has 0 aromatic heterocycles. The Morgan fingerprint density at radius 2 is 1.93 bits per heavy atom. The predicted octanol–water partition coefficient (Wildman–Crippen LogP) is 1.88. The highest BCUT2D eigenvalue weighted by Crippen LogP contribution is 2.20. The molecule has 0 saturated carbocycles. The molecule has 1 saturated heterocycles. The zero-order chi connectivity index (χ0) is 19.6.